The van der Waals surface area contributed by atoms with E-state index in [0.29, 0.717) is 32.2 Å². The molecule has 0 aromatic carbocycles. The molecule has 1 fully saturated rings. The number of amides is 1. The van der Waals surface area contributed by atoms with Crippen LogP contribution >= 0.6 is 0 Å². The van der Waals surface area contributed by atoms with E-state index in [2.05, 4.69) is 5.32 Å². The van der Waals surface area contributed by atoms with E-state index in [1.165, 1.54) is 25.7 Å². The summed E-state index contributed by atoms with van der Waals surface area (Å²) < 4.78 is 10.9. The maximum absolute atomic E-state index is 11.6. The third-order valence-corrected chi connectivity index (χ3v) is 3.59. The number of carbonyl (C=O) groups is 1. The first-order valence-corrected chi connectivity index (χ1v) is 7.37. The van der Waals surface area contributed by atoms with E-state index in [9.17, 15) is 4.79 Å². The Morgan fingerprint density at radius 2 is 2.00 bits per heavy atom. The third kappa shape index (κ3) is 7.50. The van der Waals surface area contributed by atoms with Crippen LogP contribution in [0.4, 0.5) is 0 Å². The maximum atomic E-state index is 11.6. The summed E-state index contributed by atoms with van der Waals surface area (Å²) in [6.45, 7) is 1.52. The lowest BCUT2D eigenvalue weighted by Crippen LogP contribution is -2.34. The molecule has 1 saturated carbocycles. The number of carbonyl (C=O) groups excluding carboxylic acids is 1. The Morgan fingerprint density at radius 3 is 2.58 bits per heavy atom. The van der Waals surface area contributed by atoms with E-state index in [1.807, 2.05) is 0 Å². The number of hydrogen-bond donors (Lipinski definition) is 2. The Kier molecular flexibility index (Phi) is 8.79. The van der Waals surface area contributed by atoms with Crippen molar-refractivity contribution in [1.29, 1.82) is 0 Å². The van der Waals surface area contributed by atoms with E-state index in [0.717, 1.165) is 12.8 Å². The third-order valence-electron chi connectivity index (χ3n) is 3.59. The number of nitrogens with two attached hydrogens (primary N) is 1. The summed E-state index contributed by atoms with van der Waals surface area (Å²) in [6.07, 6.45) is 8.02. The molecule has 1 rings (SSSR count). The molecule has 1 amide bonds. The lowest BCUT2D eigenvalue weighted by molar-refractivity contribution is -0.123. The van der Waals surface area contributed by atoms with Crippen molar-refractivity contribution >= 4 is 5.91 Å². The van der Waals surface area contributed by atoms with Gasteiger partial charge >= 0.3 is 0 Å². The second kappa shape index (κ2) is 10.2. The molecular weight excluding hydrogens is 244 g/mol. The number of methoxy groups -OCH3 is 1. The number of hydrogen-bond acceptors (Lipinski definition) is 4. The molecular formula is C14H28N2O3. The predicted octanol–water partition coefficient (Wildman–Crippen LogP) is 1.21. The summed E-state index contributed by atoms with van der Waals surface area (Å²) in [7, 11) is 1.57. The largest absolute Gasteiger partial charge is 0.380 e. The van der Waals surface area contributed by atoms with Crippen LogP contribution in [0.1, 0.15) is 44.9 Å². The van der Waals surface area contributed by atoms with Gasteiger partial charge in [0.05, 0.1) is 25.2 Å². The van der Waals surface area contributed by atoms with Crippen LogP contribution in [-0.4, -0.2) is 44.9 Å². The molecule has 1 aliphatic carbocycles. The predicted molar refractivity (Wildman–Crippen MR) is 74.9 cm³/mol. The van der Waals surface area contributed by atoms with Crippen molar-refractivity contribution in [1.82, 2.24) is 5.32 Å². The van der Waals surface area contributed by atoms with Crippen molar-refractivity contribution in [2.45, 2.75) is 57.2 Å². The molecule has 19 heavy (non-hydrogen) atoms. The number of ether oxygens (including phenoxy) is 2. The minimum Gasteiger partial charge on any atom is -0.380 e. The molecule has 5 nitrogen and oxygen atoms in total. The Bertz CT molecular complexity index is 237. The average molecular weight is 272 g/mol. The summed E-state index contributed by atoms with van der Waals surface area (Å²) in [5.74, 6) is -0.0261. The van der Waals surface area contributed by atoms with Gasteiger partial charge in [-0.15, -0.1) is 0 Å². The average Bonchev–Trinajstić information content (AvgIpc) is 2.69. The maximum Gasteiger partial charge on any atom is 0.222 e. The minimum absolute atomic E-state index is 0.0261. The molecule has 0 aromatic heterocycles. The molecule has 0 aliphatic heterocycles. The normalized spacial score (nSPS) is 18.8. The molecule has 0 bridgehead atoms. The van der Waals surface area contributed by atoms with E-state index < -0.39 is 0 Å². The summed E-state index contributed by atoms with van der Waals surface area (Å²) in [5.41, 5.74) is 5.47. The highest BCUT2D eigenvalue weighted by atomic mass is 16.5. The van der Waals surface area contributed by atoms with Crippen molar-refractivity contribution in [2.24, 2.45) is 5.73 Å². The lowest BCUT2D eigenvalue weighted by Gasteiger charge is -2.16. The van der Waals surface area contributed by atoms with E-state index >= 15 is 0 Å². The molecule has 0 spiro atoms. The second-order valence-electron chi connectivity index (χ2n) is 5.13. The van der Waals surface area contributed by atoms with Crippen molar-refractivity contribution in [2.75, 3.05) is 26.8 Å². The molecule has 3 N–H and O–H groups in total. The van der Waals surface area contributed by atoms with Crippen LogP contribution in [0.2, 0.25) is 0 Å². The van der Waals surface area contributed by atoms with Crippen molar-refractivity contribution < 1.29 is 14.3 Å². The van der Waals surface area contributed by atoms with Gasteiger partial charge in [0.1, 0.15) is 0 Å². The minimum atomic E-state index is -0.192. The fourth-order valence-corrected chi connectivity index (χ4v) is 2.37. The SMILES string of the molecule is COC(CN)CC(=O)NCCOC1CCCCCC1. The first kappa shape index (κ1) is 16.4. The molecule has 1 aliphatic rings. The Morgan fingerprint density at radius 1 is 1.32 bits per heavy atom. The zero-order valence-electron chi connectivity index (χ0n) is 12.0. The summed E-state index contributed by atoms with van der Waals surface area (Å²) in [4.78, 5) is 11.6. The van der Waals surface area contributed by atoms with Gasteiger partial charge in [0.2, 0.25) is 5.91 Å². The lowest BCUT2D eigenvalue weighted by atomic mass is 10.1. The highest BCUT2D eigenvalue weighted by Crippen LogP contribution is 2.19. The van der Waals surface area contributed by atoms with Crippen molar-refractivity contribution in [3.05, 3.63) is 0 Å². The van der Waals surface area contributed by atoms with Crippen LogP contribution < -0.4 is 11.1 Å². The first-order chi connectivity index (χ1) is 9.26. The fraction of sp³-hybridized carbons (Fsp3) is 0.929. The molecule has 0 aromatic rings. The molecule has 112 valence electrons. The van der Waals surface area contributed by atoms with Gasteiger partial charge in [0, 0.05) is 20.2 Å². The second-order valence-corrected chi connectivity index (χ2v) is 5.13. The zero-order valence-corrected chi connectivity index (χ0v) is 12.0. The number of rotatable bonds is 8. The highest BCUT2D eigenvalue weighted by molar-refractivity contribution is 5.76. The first-order valence-electron chi connectivity index (χ1n) is 7.37. The van der Waals surface area contributed by atoms with Crippen LogP contribution in [0.5, 0.6) is 0 Å². The summed E-state index contributed by atoms with van der Waals surface area (Å²) in [6, 6.07) is 0. The van der Waals surface area contributed by atoms with Gasteiger partial charge in [-0.05, 0) is 12.8 Å². The number of nitrogens with one attached hydrogen (secondary N) is 1. The summed E-state index contributed by atoms with van der Waals surface area (Å²) in [5, 5.41) is 2.84. The zero-order chi connectivity index (χ0) is 13.9. The van der Waals surface area contributed by atoms with Crippen LogP contribution in [-0.2, 0) is 14.3 Å². The van der Waals surface area contributed by atoms with Gasteiger partial charge in [0.25, 0.3) is 0 Å². The van der Waals surface area contributed by atoms with E-state index in [-0.39, 0.29) is 12.0 Å². The van der Waals surface area contributed by atoms with Gasteiger partial charge in [-0.2, -0.15) is 0 Å². The Balaban J connectivity index is 2.04. The molecule has 5 heteroatoms. The Hall–Kier alpha value is -0.650. The summed E-state index contributed by atoms with van der Waals surface area (Å²) >= 11 is 0. The quantitative estimate of drug-likeness (QED) is 0.514. The van der Waals surface area contributed by atoms with Gasteiger partial charge in [-0.25, -0.2) is 0 Å². The standard InChI is InChI=1S/C14H28N2O3/c1-18-13(11-15)10-14(17)16-8-9-19-12-6-4-2-3-5-7-12/h12-13H,2-11,15H2,1H3,(H,16,17). The fourth-order valence-electron chi connectivity index (χ4n) is 2.37. The van der Waals surface area contributed by atoms with E-state index in [4.69, 9.17) is 15.2 Å². The van der Waals surface area contributed by atoms with Crippen LogP contribution in [0.15, 0.2) is 0 Å². The molecule has 1 unspecified atom stereocenters. The monoisotopic (exact) mass is 272 g/mol. The molecule has 1 atom stereocenters. The molecule has 0 radical (unpaired) electrons. The molecule has 0 saturated heterocycles. The van der Waals surface area contributed by atoms with Crippen LogP contribution in [0.25, 0.3) is 0 Å². The van der Waals surface area contributed by atoms with Crippen LogP contribution in [0, 0.1) is 0 Å². The Labute approximate surface area is 116 Å². The smallest absolute Gasteiger partial charge is 0.222 e. The molecule has 0 heterocycles. The van der Waals surface area contributed by atoms with Gasteiger partial charge in [0.15, 0.2) is 0 Å². The van der Waals surface area contributed by atoms with Crippen molar-refractivity contribution in [3.8, 4) is 0 Å². The van der Waals surface area contributed by atoms with E-state index in [1.54, 1.807) is 7.11 Å². The van der Waals surface area contributed by atoms with Gasteiger partial charge < -0.3 is 20.5 Å². The van der Waals surface area contributed by atoms with Crippen molar-refractivity contribution in [3.63, 3.8) is 0 Å². The van der Waals surface area contributed by atoms with Crippen LogP contribution in [0.3, 0.4) is 0 Å². The topological polar surface area (TPSA) is 73.6 Å². The van der Waals surface area contributed by atoms with Gasteiger partial charge in [-0.1, -0.05) is 25.7 Å². The highest BCUT2D eigenvalue weighted by Gasteiger charge is 2.13. The van der Waals surface area contributed by atoms with Gasteiger partial charge in [-0.3, -0.25) is 4.79 Å².